The molecule has 27 heavy (non-hydrogen) atoms. The number of aromatic nitrogens is 1. The van der Waals surface area contributed by atoms with Crippen molar-refractivity contribution in [3.8, 4) is 0 Å². The van der Waals surface area contributed by atoms with Crippen molar-refractivity contribution in [3.05, 3.63) is 58.4 Å². The molecule has 0 saturated carbocycles. The minimum atomic E-state index is -0.912. The first kappa shape index (κ1) is 20.1. The zero-order valence-corrected chi connectivity index (χ0v) is 15.7. The fraction of sp³-hybridized carbons (Fsp3) is 0.300. The largest absolute Gasteiger partial charge is 0.456 e. The van der Waals surface area contributed by atoms with Gasteiger partial charge in [0, 0.05) is 16.8 Å². The number of aromatic amines is 1. The van der Waals surface area contributed by atoms with E-state index in [2.05, 4.69) is 10.3 Å². The summed E-state index contributed by atoms with van der Waals surface area (Å²) in [4.78, 5) is 50.9. The molecule has 1 unspecified atom stereocenters. The standard InChI is InChI=1S/C20H22N2O5/c1-11-17(14(4)23)12(2)21-18(11)16(24)10-27-20(26)13(3)22-19(25)15-8-6-5-7-9-15/h5-9,13,21H,10H2,1-4H3,(H,22,25). The van der Waals surface area contributed by atoms with Gasteiger partial charge in [-0.25, -0.2) is 4.79 Å². The van der Waals surface area contributed by atoms with Crippen molar-refractivity contribution in [1.82, 2.24) is 10.3 Å². The van der Waals surface area contributed by atoms with Gasteiger partial charge in [-0.15, -0.1) is 0 Å². The van der Waals surface area contributed by atoms with Crippen LogP contribution in [0.2, 0.25) is 0 Å². The number of carbonyl (C=O) groups excluding carboxylic acids is 4. The molecule has 7 nitrogen and oxygen atoms in total. The Balaban J connectivity index is 1.95. The van der Waals surface area contributed by atoms with Gasteiger partial charge in [0.1, 0.15) is 6.04 Å². The van der Waals surface area contributed by atoms with E-state index in [4.69, 9.17) is 4.74 Å². The summed E-state index contributed by atoms with van der Waals surface area (Å²) in [7, 11) is 0. The normalized spacial score (nSPS) is 11.6. The number of ether oxygens (including phenoxy) is 1. The molecule has 142 valence electrons. The number of hydrogen-bond acceptors (Lipinski definition) is 5. The Morgan fingerprint density at radius 1 is 1.11 bits per heavy atom. The molecule has 0 aliphatic rings. The van der Waals surface area contributed by atoms with Gasteiger partial charge in [0.2, 0.25) is 5.78 Å². The second-order valence-electron chi connectivity index (χ2n) is 6.27. The van der Waals surface area contributed by atoms with E-state index in [1.807, 2.05) is 0 Å². The number of aryl methyl sites for hydroxylation is 1. The first-order valence-corrected chi connectivity index (χ1v) is 8.48. The maximum atomic E-state index is 12.3. The summed E-state index contributed by atoms with van der Waals surface area (Å²) in [6.07, 6.45) is 0. The minimum absolute atomic E-state index is 0.144. The van der Waals surface area contributed by atoms with Crippen LogP contribution in [0.15, 0.2) is 30.3 Å². The lowest BCUT2D eigenvalue weighted by Gasteiger charge is -2.13. The number of benzene rings is 1. The molecule has 2 rings (SSSR count). The Labute approximate surface area is 157 Å². The van der Waals surface area contributed by atoms with Crippen LogP contribution in [-0.4, -0.2) is 41.1 Å². The van der Waals surface area contributed by atoms with Crippen LogP contribution < -0.4 is 5.32 Å². The van der Waals surface area contributed by atoms with E-state index in [1.165, 1.54) is 13.8 Å². The highest BCUT2D eigenvalue weighted by Gasteiger charge is 2.23. The van der Waals surface area contributed by atoms with Crippen molar-refractivity contribution in [2.45, 2.75) is 33.7 Å². The number of esters is 1. The van der Waals surface area contributed by atoms with E-state index < -0.39 is 30.3 Å². The number of nitrogens with one attached hydrogen (secondary N) is 2. The molecule has 0 fully saturated rings. The minimum Gasteiger partial charge on any atom is -0.456 e. The summed E-state index contributed by atoms with van der Waals surface area (Å²) in [6, 6.07) is 7.55. The third kappa shape index (κ3) is 4.69. The second kappa shape index (κ2) is 8.44. The Morgan fingerprint density at radius 3 is 2.30 bits per heavy atom. The Hall–Kier alpha value is -3.22. The van der Waals surface area contributed by atoms with Crippen LogP contribution in [0.3, 0.4) is 0 Å². The van der Waals surface area contributed by atoms with Crippen molar-refractivity contribution < 1.29 is 23.9 Å². The predicted octanol–water partition coefficient (Wildman–Crippen LogP) is 2.38. The number of H-pyrrole nitrogens is 1. The van der Waals surface area contributed by atoms with Crippen LogP contribution >= 0.6 is 0 Å². The van der Waals surface area contributed by atoms with Crippen LogP contribution in [0.4, 0.5) is 0 Å². The van der Waals surface area contributed by atoms with E-state index in [0.717, 1.165) is 0 Å². The Morgan fingerprint density at radius 2 is 1.74 bits per heavy atom. The number of hydrogen-bond donors (Lipinski definition) is 2. The van der Waals surface area contributed by atoms with Gasteiger partial charge in [-0.2, -0.15) is 0 Å². The summed E-state index contributed by atoms with van der Waals surface area (Å²) in [5.74, 6) is -1.72. The predicted molar refractivity (Wildman–Crippen MR) is 98.9 cm³/mol. The highest BCUT2D eigenvalue weighted by atomic mass is 16.5. The highest BCUT2D eigenvalue weighted by molar-refractivity contribution is 6.04. The van der Waals surface area contributed by atoms with Crippen molar-refractivity contribution in [3.63, 3.8) is 0 Å². The summed E-state index contributed by atoms with van der Waals surface area (Å²) in [6.45, 7) is 5.79. The lowest BCUT2D eigenvalue weighted by Crippen LogP contribution is -2.40. The van der Waals surface area contributed by atoms with Crippen LogP contribution in [0, 0.1) is 13.8 Å². The van der Waals surface area contributed by atoms with Gasteiger partial charge in [0.15, 0.2) is 12.4 Å². The van der Waals surface area contributed by atoms with Crippen LogP contribution in [0.5, 0.6) is 0 Å². The zero-order valence-electron chi connectivity index (χ0n) is 15.7. The number of carbonyl (C=O) groups is 4. The smallest absolute Gasteiger partial charge is 0.328 e. The van der Waals surface area contributed by atoms with E-state index in [-0.39, 0.29) is 11.5 Å². The highest BCUT2D eigenvalue weighted by Crippen LogP contribution is 2.19. The molecule has 0 saturated heterocycles. The molecule has 0 bridgehead atoms. The van der Waals surface area contributed by atoms with E-state index in [0.29, 0.717) is 22.4 Å². The van der Waals surface area contributed by atoms with Gasteiger partial charge < -0.3 is 15.0 Å². The monoisotopic (exact) mass is 370 g/mol. The van der Waals surface area contributed by atoms with Gasteiger partial charge >= 0.3 is 5.97 Å². The van der Waals surface area contributed by atoms with Crippen molar-refractivity contribution in [2.24, 2.45) is 0 Å². The fourth-order valence-corrected chi connectivity index (χ4v) is 2.82. The topological polar surface area (TPSA) is 105 Å². The molecule has 1 aromatic heterocycles. The average molecular weight is 370 g/mol. The van der Waals surface area contributed by atoms with Crippen molar-refractivity contribution >= 4 is 23.4 Å². The lowest BCUT2D eigenvalue weighted by atomic mass is 10.1. The molecule has 2 N–H and O–H groups in total. The third-order valence-electron chi connectivity index (χ3n) is 4.15. The number of rotatable bonds is 7. The van der Waals surface area contributed by atoms with Crippen molar-refractivity contribution in [2.75, 3.05) is 6.61 Å². The summed E-state index contributed by atoms with van der Waals surface area (Å²) in [5.41, 5.74) is 2.26. The Bertz CT molecular complexity index is 883. The molecular formula is C20H22N2O5. The number of amides is 1. The molecule has 0 spiro atoms. The summed E-state index contributed by atoms with van der Waals surface area (Å²) >= 11 is 0. The van der Waals surface area contributed by atoms with Gasteiger partial charge in [-0.05, 0) is 45.4 Å². The van der Waals surface area contributed by atoms with Crippen LogP contribution in [0.1, 0.15) is 56.3 Å². The van der Waals surface area contributed by atoms with Crippen LogP contribution in [-0.2, 0) is 9.53 Å². The first-order chi connectivity index (χ1) is 12.7. The maximum absolute atomic E-state index is 12.3. The number of ketones is 2. The lowest BCUT2D eigenvalue weighted by molar-refractivity contribution is -0.144. The molecule has 2 aromatic rings. The van der Waals surface area contributed by atoms with Gasteiger partial charge in [-0.1, -0.05) is 18.2 Å². The van der Waals surface area contributed by atoms with Crippen molar-refractivity contribution in [1.29, 1.82) is 0 Å². The van der Waals surface area contributed by atoms with Crippen LogP contribution in [0.25, 0.3) is 0 Å². The molecule has 0 aliphatic heterocycles. The fourth-order valence-electron chi connectivity index (χ4n) is 2.82. The second-order valence-corrected chi connectivity index (χ2v) is 6.27. The molecule has 0 aliphatic carbocycles. The van der Waals surface area contributed by atoms with Gasteiger partial charge in [0.25, 0.3) is 5.91 Å². The van der Waals surface area contributed by atoms with Gasteiger partial charge in [0.05, 0.1) is 5.69 Å². The van der Waals surface area contributed by atoms with E-state index in [9.17, 15) is 19.2 Å². The van der Waals surface area contributed by atoms with Gasteiger partial charge in [-0.3, -0.25) is 14.4 Å². The molecule has 1 amide bonds. The summed E-state index contributed by atoms with van der Waals surface area (Å²) < 4.78 is 5.01. The Kier molecular flexibility index (Phi) is 6.28. The molecule has 1 atom stereocenters. The third-order valence-corrected chi connectivity index (χ3v) is 4.15. The molecule has 1 heterocycles. The zero-order chi connectivity index (χ0) is 20.1. The molecule has 0 radical (unpaired) electrons. The first-order valence-electron chi connectivity index (χ1n) is 8.48. The average Bonchev–Trinajstić information content (AvgIpc) is 2.94. The van der Waals surface area contributed by atoms with E-state index in [1.54, 1.807) is 44.2 Å². The number of Topliss-reactive ketones (excluding diaryl/α,β-unsaturated/α-hetero) is 2. The quantitative estimate of drug-likeness (QED) is 0.575. The summed E-state index contributed by atoms with van der Waals surface area (Å²) in [5, 5.41) is 2.52. The maximum Gasteiger partial charge on any atom is 0.328 e. The SMILES string of the molecule is CC(=O)c1c(C)[nH]c(C(=O)COC(=O)C(C)NC(=O)c2ccccc2)c1C. The molecule has 1 aromatic carbocycles. The molecular weight excluding hydrogens is 348 g/mol. The van der Waals surface area contributed by atoms with E-state index >= 15 is 0 Å². The molecule has 7 heteroatoms.